The van der Waals surface area contributed by atoms with E-state index < -0.39 is 0 Å². The van der Waals surface area contributed by atoms with E-state index in [0.29, 0.717) is 24.7 Å². The zero-order valence-electron chi connectivity index (χ0n) is 11.0. The zero-order valence-corrected chi connectivity index (χ0v) is 11.0. The molecule has 6 nitrogen and oxygen atoms in total. The predicted molar refractivity (Wildman–Crippen MR) is 71.2 cm³/mol. The van der Waals surface area contributed by atoms with Gasteiger partial charge < -0.3 is 20.1 Å². The van der Waals surface area contributed by atoms with Crippen LogP contribution in [-0.2, 0) is 11.2 Å². The number of hydrogen-bond donors (Lipinski definition) is 2. The first-order valence-corrected chi connectivity index (χ1v) is 6.67. The minimum atomic E-state index is -0.344. The molecule has 1 fully saturated rings. The molecule has 6 heteroatoms. The molecular formula is C14H17N3O3. The molecule has 1 saturated heterocycles. The van der Waals surface area contributed by atoms with Gasteiger partial charge in [-0.05, 0) is 30.5 Å². The first-order valence-electron chi connectivity index (χ1n) is 6.67. The summed E-state index contributed by atoms with van der Waals surface area (Å²) >= 11 is 0. The Hall–Kier alpha value is -1.92. The quantitative estimate of drug-likeness (QED) is 0.878. The van der Waals surface area contributed by atoms with Gasteiger partial charge in [0.2, 0.25) is 5.89 Å². The van der Waals surface area contributed by atoms with E-state index in [1.165, 1.54) is 0 Å². The van der Waals surface area contributed by atoms with Gasteiger partial charge in [-0.15, -0.1) is 0 Å². The average molecular weight is 275 g/mol. The number of phenolic OH excluding ortho intramolecular Hbond substituents is 1. The van der Waals surface area contributed by atoms with Gasteiger partial charge in [-0.1, -0.05) is 17.3 Å². The van der Waals surface area contributed by atoms with Crippen molar-refractivity contribution in [3.63, 3.8) is 0 Å². The number of benzene rings is 1. The molecule has 1 aliphatic rings. The SMILES string of the molecule is N[C@H](Cc1ccc(O)cc1)c1nc(C2CCOC2)no1. The van der Waals surface area contributed by atoms with Gasteiger partial charge >= 0.3 is 0 Å². The molecule has 2 heterocycles. The second-order valence-corrected chi connectivity index (χ2v) is 5.03. The number of phenols is 1. The number of aromatic hydroxyl groups is 1. The summed E-state index contributed by atoms with van der Waals surface area (Å²) in [6, 6.07) is 6.59. The number of ether oxygens (including phenoxy) is 1. The third-order valence-electron chi connectivity index (χ3n) is 3.46. The van der Waals surface area contributed by atoms with Crippen LogP contribution in [0.2, 0.25) is 0 Å². The molecule has 0 spiro atoms. The molecule has 0 bridgehead atoms. The highest BCUT2D eigenvalue weighted by molar-refractivity contribution is 5.26. The molecule has 2 aromatic rings. The van der Waals surface area contributed by atoms with E-state index in [2.05, 4.69) is 10.1 Å². The van der Waals surface area contributed by atoms with Crippen LogP contribution in [0.25, 0.3) is 0 Å². The molecule has 1 aromatic heterocycles. The van der Waals surface area contributed by atoms with E-state index in [9.17, 15) is 5.11 Å². The molecule has 0 amide bonds. The van der Waals surface area contributed by atoms with Crippen molar-refractivity contribution in [2.24, 2.45) is 5.73 Å². The lowest BCUT2D eigenvalue weighted by molar-refractivity contribution is 0.192. The van der Waals surface area contributed by atoms with Gasteiger partial charge in [-0.25, -0.2) is 0 Å². The highest BCUT2D eigenvalue weighted by atomic mass is 16.5. The van der Waals surface area contributed by atoms with Crippen molar-refractivity contribution < 1.29 is 14.4 Å². The number of nitrogens with zero attached hydrogens (tertiary/aromatic N) is 2. The predicted octanol–water partition coefficient (Wildman–Crippen LogP) is 1.52. The number of aromatic nitrogens is 2. The molecule has 1 aliphatic heterocycles. The maximum atomic E-state index is 9.25. The summed E-state index contributed by atoms with van der Waals surface area (Å²) in [4.78, 5) is 4.37. The fourth-order valence-corrected chi connectivity index (χ4v) is 2.28. The third-order valence-corrected chi connectivity index (χ3v) is 3.46. The molecule has 3 N–H and O–H groups in total. The number of nitrogens with two attached hydrogens (primary N) is 1. The summed E-state index contributed by atoms with van der Waals surface area (Å²) in [5.74, 6) is 1.58. The van der Waals surface area contributed by atoms with Crippen LogP contribution in [0.3, 0.4) is 0 Å². The molecular weight excluding hydrogens is 258 g/mol. The van der Waals surface area contributed by atoms with Crippen LogP contribution in [-0.4, -0.2) is 28.5 Å². The Morgan fingerprint density at radius 3 is 2.85 bits per heavy atom. The Balaban J connectivity index is 1.67. The summed E-state index contributed by atoms with van der Waals surface area (Å²) in [6.45, 7) is 1.39. The van der Waals surface area contributed by atoms with Crippen molar-refractivity contribution in [1.29, 1.82) is 0 Å². The van der Waals surface area contributed by atoms with Crippen LogP contribution in [0.4, 0.5) is 0 Å². The van der Waals surface area contributed by atoms with E-state index in [-0.39, 0.29) is 17.7 Å². The molecule has 1 unspecified atom stereocenters. The first kappa shape index (κ1) is 13.1. The summed E-state index contributed by atoms with van der Waals surface area (Å²) < 4.78 is 10.6. The second-order valence-electron chi connectivity index (χ2n) is 5.03. The monoisotopic (exact) mass is 275 g/mol. The van der Waals surface area contributed by atoms with E-state index >= 15 is 0 Å². The van der Waals surface area contributed by atoms with Crippen molar-refractivity contribution in [3.05, 3.63) is 41.5 Å². The van der Waals surface area contributed by atoms with Crippen LogP contribution < -0.4 is 5.73 Å². The highest BCUT2D eigenvalue weighted by Gasteiger charge is 2.24. The molecule has 2 atom stereocenters. The Bertz CT molecular complexity index is 561. The van der Waals surface area contributed by atoms with Crippen molar-refractivity contribution in [1.82, 2.24) is 10.1 Å². The van der Waals surface area contributed by atoms with Crippen LogP contribution in [0.1, 0.15) is 35.7 Å². The van der Waals surface area contributed by atoms with Gasteiger partial charge in [-0.3, -0.25) is 0 Å². The third kappa shape index (κ3) is 2.81. The fourth-order valence-electron chi connectivity index (χ4n) is 2.28. The van der Waals surface area contributed by atoms with E-state index in [0.717, 1.165) is 18.6 Å². The Morgan fingerprint density at radius 1 is 1.35 bits per heavy atom. The molecule has 20 heavy (non-hydrogen) atoms. The lowest BCUT2D eigenvalue weighted by Gasteiger charge is -2.06. The van der Waals surface area contributed by atoms with Gasteiger partial charge in [0.05, 0.1) is 12.6 Å². The molecule has 3 rings (SSSR count). The topological polar surface area (TPSA) is 94.4 Å². The van der Waals surface area contributed by atoms with Gasteiger partial charge in [-0.2, -0.15) is 4.98 Å². The lowest BCUT2D eigenvalue weighted by atomic mass is 10.1. The Kier molecular flexibility index (Phi) is 3.66. The maximum absolute atomic E-state index is 9.25. The summed E-state index contributed by atoms with van der Waals surface area (Å²) in [6.07, 6.45) is 1.51. The zero-order chi connectivity index (χ0) is 13.9. The maximum Gasteiger partial charge on any atom is 0.243 e. The van der Waals surface area contributed by atoms with Crippen LogP contribution in [0, 0.1) is 0 Å². The normalized spacial score (nSPS) is 20.1. The van der Waals surface area contributed by atoms with Crippen molar-refractivity contribution in [2.45, 2.75) is 24.8 Å². The standard InChI is InChI=1S/C14H17N3O3/c15-12(7-9-1-3-11(18)4-2-9)14-16-13(17-20-14)10-5-6-19-8-10/h1-4,10,12,18H,5-8,15H2/t10?,12-/m1/s1. The average Bonchev–Trinajstić information content (AvgIpc) is 3.11. The van der Waals surface area contributed by atoms with Crippen LogP contribution in [0.5, 0.6) is 5.75 Å². The lowest BCUT2D eigenvalue weighted by Crippen LogP contribution is -2.14. The minimum Gasteiger partial charge on any atom is -0.508 e. The highest BCUT2D eigenvalue weighted by Crippen LogP contribution is 2.24. The summed E-state index contributed by atoms with van der Waals surface area (Å²) in [7, 11) is 0. The largest absolute Gasteiger partial charge is 0.508 e. The van der Waals surface area contributed by atoms with Crippen molar-refractivity contribution in [3.8, 4) is 5.75 Å². The molecule has 0 aliphatic carbocycles. The second kappa shape index (κ2) is 5.60. The van der Waals surface area contributed by atoms with Crippen LogP contribution in [0.15, 0.2) is 28.8 Å². The van der Waals surface area contributed by atoms with Gasteiger partial charge in [0.15, 0.2) is 5.82 Å². The molecule has 1 aromatic carbocycles. The Morgan fingerprint density at radius 2 is 2.15 bits per heavy atom. The summed E-state index contributed by atoms with van der Waals surface area (Å²) in [5, 5.41) is 13.2. The number of rotatable bonds is 4. The van der Waals surface area contributed by atoms with Gasteiger partial charge in [0, 0.05) is 12.5 Å². The first-order chi connectivity index (χ1) is 9.72. The van der Waals surface area contributed by atoms with Gasteiger partial charge in [0.1, 0.15) is 5.75 Å². The molecule has 0 radical (unpaired) electrons. The number of hydrogen-bond acceptors (Lipinski definition) is 6. The van der Waals surface area contributed by atoms with Crippen molar-refractivity contribution >= 4 is 0 Å². The smallest absolute Gasteiger partial charge is 0.243 e. The van der Waals surface area contributed by atoms with E-state index in [4.69, 9.17) is 15.0 Å². The van der Waals surface area contributed by atoms with Crippen molar-refractivity contribution in [2.75, 3.05) is 13.2 Å². The van der Waals surface area contributed by atoms with Crippen LogP contribution >= 0.6 is 0 Å². The van der Waals surface area contributed by atoms with E-state index in [1.807, 2.05) is 12.1 Å². The minimum absolute atomic E-state index is 0.216. The Labute approximate surface area is 116 Å². The molecule has 0 saturated carbocycles. The van der Waals surface area contributed by atoms with E-state index in [1.54, 1.807) is 12.1 Å². The fraction of sp³-hybridized carbons (Fsp3) is 0.429. The summed E-state index contributed by atoms with van der Waals surface area (Å²) in [5.41, 5.74) is 7.10. The molecule has 106 valence electrons. The van der Waals surface area contributed by atoms with Gasteiger partial charge in [0.25, 0.3) is 0 Å².